The van der Waals surface area contributed by atoms with E-state index in [2.05, 4.69) is 31.2 Å². The van der Waals surface area contributed by atoms with Crippen LogP contribution in [0, 0.1) is 13.8 Å². The average molecular weight is 389 g/mol. The first-order chi connectivity index (χ1) is 11.5. The fourth-order valence-electron chi connectivity index (χ4n) is 2.87. The summed E-state index contributed by atoms with van der Waals surface area (Å²) in [6.07, 6.45) is 3.33. The summed E-state index contributed by atoms with van der Waals surface area (Å²) in [4.78, 5) is 23.3. The second kappa shape index (κ2) is 7.30. The van der Waals surface area contributed by atoms with Gasteiger partial charge in [-0.1, -0.05) is 15.9 Å². The van der Waals surface area contributed by atoms with Gasteiger partial charge in [-0.2, -0.15) is 0 Å². The molecule has 2 aromatic rings. The first-order valence-corrected chi connectivity index (χ1v) is 9.00. The molecule has 5 nitrogen and oxygen atoms in total. The number of benzene rings is 1. The van der Waals surface area contributed by atoms with E-state index in [0.717, 1.165) is 41.7 Å². The predicted octanol–water partition coefficient (Wildman–Crippen LogP) is 4.23. The van der Waals surface area contributed by atoms with Crippen molar-refractivity contribution in [2.24, 2.45) is 0 Å². The molecule has 1 N–H and O–H groups in total. The lowest BCUT2D eigenvalue weighted by atomic mass is 10.1. The summed E-state index contributed by atoms with van der Waals surface area (Å²) in [5.74, 6) is 1.23. The number of hydrogen-bond acceptors (Lipinski definition) is 4. The molecule has 1 aliphatic heterocycles. The Kier molecular flexibility index (Phi) is 5.14. The number of aromatic nitrogens is 2. The number of halogens is 1. The lowest BCUT2D eigenvalue weighted by molar-refractivity contribution is 0.0718. The molecule has 0 radical (unpaired) electrons. The summed E-state index contributed by atoms with van der Waals surface area (Å²) < 4.78 is 1.06. The van der Waals surface area contributed by atoms with Gasteiger partial charge in [0.2, 0.25) is 0 Å². The Hall–Kier alpha value is -1.95. The summed E-state index contributed by atoms with van der Waals surface area (Å²) in [6, 6.07) is 7.74. The van der Waals surface area contributed by atoms with Gasteiger partial charge in [-0.15, -0.1) is 0 Å². The van der Waals surface area contributed by atoms with Crippen LogP contribution in [-0.4, -0.2) is 33.9 Å². The minimum atomic E-state index is -0.00441. The summed E-state index contributed by atoms with van der Waals surface area (Å²) in [5.41, 5.74) is 2.53. The minimum absolute atomic E-state index is 0.00441. The van der Waals surface area contributed by atoms with Gasteiger partial charge in [0.1, 0.15) is 17.3 Å². The fourth-order valence-corrected chi connectivity index (χ4v) is 3.12. The van der Waals surface area contributed by atoms with Gasteiger partial charge >= 0.3 is 0 Å². The van der Waals surface area contributed by atoms with Crippen molar-refractivity contribution < 1.29 is 4.79 Å². The van der Waals surface area contributed by atoms with Gasteiger partial charge in [-0.25, -0.2) is 9.97 Å². The molecule has 0 unspecified atom stereocenters. The molecular weight excluding hydrogens is 368 g/mol. The monoisotopic (exact) mass is 388 g/mol. The Bertz CT molecular complexity index is 757. The number of rotatable bonds is 3. The Morgan fingerprint density at radius 2 is 1.88 bits per heavy atom. The normalized spacial score (nSPS) is 14.5. The van der Waals surface area contributed by atoms with Crippen LogP contribution >= 0.6 is 15.9 Å². The topological polar surface area (TPSA) is 58.1 Å². The molecule has 1 fully saturated rings. The van der Waals surface area contributed by atoms with E-state index in [1.165, 1.54) is 6.42 Å². The molecule has 0 aliphatic carbocycles. The van der Waals surface area contributed by atoms with Gasteiger partial charge in [0.05, 0.1) is 0 Å². The number of hydrogen-bond donors (Lipinski definition) is 1. The molecule has 1 aliphatic rings. The fraction of sp³-hybridized carbons (Fsp3) is 0.389. The molecule has 0 atom stereocenters. The second-order valence-corrected chi connectivity index (χ2v) is 6.98. The van der Waals surface area contributed by atoms with Crippen molar-refractivity contribution in [3.05, 3.63) is 45.8 Å². The van der Waals surface area contributed by atoms with Crippen molar-refractivity contribution in [3.63, 3.8) is 0 Å². The maximum absolute atomic E-state index is 12.7. The lowest BCUT2D eigenvalue weighted by Gasteiger charge is -2.26. The average Bonchev–Trinajstić information content (AvgIpc) is 2.58. The number of nitrogens with one attached hydrogen (secondary N) is 1. The smallest absolute Gasteiger partial charge is 0.272 e. The van der Waals surface area contributed by atoms with E-state index in [1.54, 1.807) is 6.07 Å². The zero-order chi connectivity index (χ0) is 17.1. The van der Waals surface area contributed by atoms with Crippen LogP contribution < -0.4 is 5.32 Å². The Balaban J connectivity index is 1.82. The molecule has 0 bridgehead atoms. The zero-order valence-corrected chi connectivity index (χ0v) is 15.6. The standard InChI is InChI=1S/C18H21BrN4O/c1-12-10-14(6-7-15(12)19)22-17-11-16(20-13(2)21-17)18(24)23-8-4-3-5-9-23/h6-7,10-11H,3-5,8-9H2,1-2H3,(H,20,21,22). The number of piperidine rings is 1. The van der Waals surface area contributed by atoms with Crippen molar-refractivity contribution in [1.29, 1.82) is 0 Å². The first kappa shape index (κ1) is 16.9. The SMILES string of the molecule is Cc1nc(Nc2ccc(Br)c(C)c2)cc(C(=O)N2CCCCC2)n1. The van der Waals surface area contributed by atoms with Crippen molar-refractivity contribution >= 4 is 33.3 Å². The van der Waals surface area contributed by atoms with E-state index in [-0.39, 0.29) is 5.91 Å². The Labute approximate surface area is 150 Å². The number of amides is 1. The van der Waals surface area contributed by atoms with Gasteiger partial charge in [0, 0.05) is 29.3 Å². The van der Waals surface area contributed by atoms with E-state index < -0.39 is 0 Å². The van der Waals surface area contributed by atoms with Crippen molar-refractivity contribution in [1.82, 2.24) is 14.9 Å². The minimum Gasteiger partial charge on any atom is -0.340 e. The highest BCUT2D eigenvalue weighted by molar-refractivity contribution is 9.10. The summed E-state index contributed by atoms with van der Waals surface area (Å²) >= 11 is 3.50. The largest absolute Gasteiger partial charge is 0.340 e. The molecule has 3 rings (SSSR count). The van der Waals surface area contributed by atoms with Crippen LogP contribution in [0.5, 0.6) is 0 Å². The van der Waals surface area contributed by atoms with Crippen LogP contribution in [0.25, 0.3) is 0 Å². The Morgan fingerprint density at radius 1 is 1.12 bits per heavy atom. The van der Waals surface area contributed by atoms with Gasteiger partial charge < -0.3 is 10.2 Å². The van der Waals surface area contributed by atoms with Crippen molar-refractivity contribution in [3.8, 4) is 0 Å². The molecule has 2 heterocycles. The van der Waals surface area contributed by atoms with Crippen LogP contribution in [0.15, 0.2) is 28.7 Å². The van der Waals surface area contributed by atoms with Gasteiger partial charge in [0.15, 0.2) is 0 Å². The van der Waals surface area contributed by atoms with Crippen molar-refractivity contribution in [2.45, 2.75) is 33.1 Å². The number of likely N-dealkylation sites (tertiary alicyclic amines) is 1. The molecule has 1 aromatic heterocycles. The number of carbonyl (C=O) groups is 1. The van der Waals surface area contributed by atoms with Gasteiger partial charge in [-0.3, -0.25) is 4.79 Å². The zero-order valence-electron chi connectivity index (χ0n) is 14.0. The predicted molar refractivity (Wildman–Crippen MR) is 98.7 cm³/mol. The molecular formula is C18H21BrN4O. The van der Waals surface area contributed by atoms with E-state index in [4.69, 9.17) is 0 Å². The van der Waals surface area contributed by atoms with E-state index >= 15 is 0 Å². The third-order valence-corrected chi connectivity index (χ3v) is 5.02. The highest BCUT2D eigenvalue weighted by Gasteiger charge is 2.20. The number of carbonyl (C=O) groups excluding carboxylic acids is 1. The molecule has 6 heteroatoms. The van der Waals surface area contributed by atoms with Crippen LogP contribution in [0.2, 0.25) is 0 Å². The van der Waals surface area contributed by atoms with E-state index in [0.29, 0.717) is 17.3 Å². The third kappa shape index (κ3) is 3.93. The van der Waals surface area contributed by atoms with E-state index in [1.807, 2.05) is 36.9 Å². The van der Waals surface area contributed by atoms with Crippen LogP contribution in [0.4, 0.5) is 11.5 Å². The highest BCUT2D eigenvalue weighted by Crippen LogP contribution is 2.23. The Morgan fingerprint density at radius 3 is 2.58 bits per heavy atom. The maximum atomic E-state index is 12.7. The highest BCUT2D eigenvalue weighted by atomic mass is 79.9. The molecule has 1 amide bonds. The first-order valence-electron chi connectivity index (χ1n) is 8.21. The second-order valence-electron chi connectivity index (χ2n) is 6.13. The van der Waals surface area contributed by atoms with Crippen LogP contribution in [0.1, 0.15) is 41.1 Å². The van der Waals surface area contributed by atoms with E-state index in [9.17, 15) is 4.79 Å². The molecule has 1 aromatic carbocycles. The van der Waals surface area contributed by atoms with Crippen LogP contribution in [-0.2, 0) is 0 Å². The molecule has 0 saturated carbocycles. The molecule has 24 heavy (non-hydrogen) atoms. The van der Waals surface area contributed by atoms with Gasteiger partial charge in [-0.05, 0) is 56.9 Å². The summed E-state index contributed by atoms with van der Waals surface area (Å²) in [7, 11) is 0. The quantitative estimate of drug-likeness (QED) is 0.854. The number of nitrogens with zero attached hydrogens (tertiary/aromatic N) is 3. The third-order valence-electron chi connectivity index (χ3n) is 4.13. The molecule has 0 spiro atoms. The molecule has 1 saturated heterocycles. The van der Waals surface area contributed by atoms with Crippen molar-refractivity contribution in [2.75, 3.05) is 18.4 Å². The lowest BCUT2D eigenvalue weighted by Crippen LogP contribution is -2.36. The summed E-state index contributed by atoms with van der Waals surface area (Å²) in [6.45, 7) is 5.48. The number of aryl methyl sites for hydroxylation is 2. The number of anilines is 2. The molecule has 126 valence electrons. The maximum Gasteiger partial charge on any atom is 0.272 e. The summed E-state index contributed by atoms with van der Waals surface area (Å²) in [5, 5.41) is 3.27. The van der Waals surface area contributed by atoms with Gasteiger partial charge in [0.25, 0.3) is 5.91 Å². The van der Waals surface area contributed by atoms with Crippen LogP contribution in [0.3, 0.4) is 0 Å².